The first-order valence-electron chi connectivity index (χ1n) is 4.05. The third-order valence-electron chi connectivity index (χ3n) is 1.24. The first-order valence-corrected chi connectivity index (χ1v) is 4.05. The summed E-state index contributed by atoms with van der Waals surface area (Å²) in [5.41, 5.74) is 0. The van der Waals surface area contributed by atoms with E-state index < -0.39 is 0 Å². The van der Waals surface area contributed by atoms with Gasteiger partial charge in [-0.15, -0.1) is 0 Å². The van der Waals surface area contributed by atoms with Crippen molar-refractivity contribution >= 4 is 6.29 Å². The third-order valence-corrected chi connectivity index (χ3v) is 1.24. The van der Waals surface area contributed by atoms with E-state index in [1.54, 1.807) is 6.92 Å². The molecule has 76 valence electrons. The predicted octanol–water partition coefficient (Wildman–Crippen LogP) is 2.50. The van der Waals surface area contributed by atoms with Crippen molar-refractivity contribution in [3.05, 3.63) is 0 Å². The molecule has 0 heterocycles. The van der Waals surface area contributed by atoms with Gasteiger partial charge in [0.05, 0.1) is 6.10 Å². The van der Waals surface area contributed by atoms with E-state index in [9.17, 15) is 4.79 Å². The highest BCUT2D eigenvalue weighted by molar-refractivity contribution is 5.51. The molecule has 0 bridgehead atoms. The second-order valence-corrected chi connectivity index (χ2v) is 3.36. The summed E-state index contributed by atoms with van der Waals surface area (Å²) in [6.45, 7) is 9.49. The fourth-order valence-corrected chi connectivity index (χ4v) is 0. The zero-order valence-corrected chi connectivity index (χ0v) is 8.16. The molecule has 1 atom stereocenters. The molecule has 0 aliphatic heterocycles. The fourth-order valence-electron chi connectivity index (χ4n) is 0. The van der Waals surface area contributed by atoms with Crippen LogP contribution < -0.4 is 0 Å². The Labute approximate surface area is 77.0 Å². The van der Waals surface area contributed by atoms with Gasteiger partial charge in [0, 0.05) is 5.92 Å². The molecule has 2 heteroatoms. The van der Waals surface area contributed by atoms with Gasteiger partial charge in [-0.1, -0.05) is 35.1 Å². The summed E-state index contributed by atoms with van der Waals surface area (Å²) in [5, 5.41) is 8.63. The van der Waals surface area contributed by atoms with Crippen molar-refractivity contribution < 1.29 is 9.90 Å². The minimum atomic E-state index is -0.148. The van der Waals surface area contributed by atoms with E-state index in [0.29, 0.717) is 5.92 Å². The Bertz CT molecular complexity index is 79.8. The largest absolute Gasteiger partial charge is 0.393 e. The smallest absolute Gasteiger partial charge is 0.122 e. The zero-order chi connectivity index (χ0) is 9.44. The fraction of sp³-hybridized carbons (Fsp3) is 0.900. The first-order chi connectivity index (χ1) is 4.91. The molecular weight excluding hydrogens is 152 g/mol. The maximum Gasteiger partial charge on any atom is 0.122 e. The standard InChI is InChI=1S/C5H12O.C4H8O.CH4/c1-4(2)5(3)6;1-4(2)3-5;/h4-6H,1-3H3;3-4H,1-2H3;1H4. The summed E-state index contributed by atoms with van der Waals surface area (Å²) in [6, 6.07) is 0. The van der Waals surface area contributed by atoms with Gasteiger partial charge < -0.3 is 9.90 Å². The van der Waals surface area contributed by atoms with Gasteiger partial charge in [0.25, 0.3) is 0 Å². The van der Waals surface area contributed by atoms with Crippen LogP contribution in [0.2, 0.25) is 0 Å². The van der Waals surface area contributed by atoms with Crippen molar-refractivity contribution in [3.8, 4) is 0 Å². The Morgan fingerprint density at radius 1 is 1.08 bits per heavy atom. The maximum absolute atomic E-state index is 9.50. The van der Waals surface area contributed by atoms with Crippen molar-refractivity contribution in [2.45, 2.75) is 48.1 Å². The number of carbonyl (C=O) groups excluding carboxylic acids is 1. The summed E-state index contributed by atoms with van der Waals surface area (Å²) in [5.74, 6) is 0.611. The second kappa shape index (κ2) is 10.6. The van der Waals surface area contributed by atoms with E-state index in [-0.39, 0.29) is 19.4 Å². The maximum atomic E-state index is 9.50. The molecule has 0 aromatic rings. The molecule has 0 saturated carbocycles. The molecule has 12 heavy (non-hydrogen) atoms. The average Bonchev–Trinajstić information content (AvgIpc) is 1.89. The third kappa shape index (κ3) is 22.6. The predicted molar refractivity (Wildman–Crippen MR) is 54.2 cm³/mol. The van der Waals surface area contributed by atoms with Crippen LogP contribution in [0.15, 0.2) is 0 Å². The highest BCUT2D eigenvalue weighted by Crippen LogP contribution is 1.96. The molecule has 1 N–H and O–H groups in total. The number of carbonyl (C=O) groups is 1. The molecule has 0 aromatic carbocycles. The zero-order valence-electron chi connectivity index (χ0n) is 8.16. The van der Waals surface area contributed by atoms with Gasteiger partial charge in [-0.2, -0.15) is 0 Å². The molecule has 0 fully saturated rings. The molecule has 2 nitrogen and oxygen atoms in total. The van der Waals surface area contributed by atoms with Crippen LogP contribution in [-0.4, -0.2) is 17.5 Å². The van der Waals surface area contributed by atoms with Crippen LogP contribution >= 0.6 is 0 Å². The molecule has 0 radical (unpaired) electrons. The summed E-state index contributed by atoms with van der Waals surface area (Å²) < 4.78 is 0. The van der Waals surface area contributed by atoms with E-state index in [0.717, 1.165) is 6.29 Å². The van der Waals surface area contributed by atoms with Crippen molar-refractivity contribution in [2.75, 3.05) is 0 Å². The highest BCUT2D eigenvalue weighted by Gasteiger charge is 1.97. The summed E-state index contributed by atoms with van der Waals surface area (Å²) >= 11 is 0. The van der Waals surface area contributed by atoms with Gasteiger partial charge in [-0.05, 0) is 12.8 Å². The van der Waals surface area contributed by atoms with E-state index in [4.69, 9.17) is 5.11 Å². The number of hydrogen-bond acceptors (Lipinski definition) is 2. The molecule has 0 spiro atoms. The van der Waals surface area contributed by atoms with E-state index in [2.05, 4.69) is 0 Å². The van der Waals surface area contributed by atoms with Crippen LogP contribution in [0.3, 0.4) is 0 Å². The van der Waals surface area contributed by atoms with Crippen molar-refractivity contribution in [3.63, 3.8) is 0 Å². The van der Waals surface area contributed by atoms with Gasteiger partial charge in [0.1, 0.15) is 6.29 Å². The Kier molecular flexibility index (Phi) is 15.6. The normalized spacial score (nSPS) is 11.3. The van der Waals surface area contributed by atoms with Crippen molar-refractivity contribution in [1.82, 2.24) is 0 Å². The van der Waals surface area contributed by atoms with Crippen molar-refractivity contribution in [1.29, 1.82) is 0 Å². The molecule has 1 unspecified atom stereocenters. The number of hydrogen-bond donors (Lipinski definition) is 1. The van der Waals surface area contributed by atoms with Crippen LogP contribution in [0.4, 0.5) is 0 Å². The number of aliphatic hydroxyl groups is 1. The Hall–Kier alpha value is -0.370. The van der Waals surface area contributed by atoms with Gasteiger partial charge in [-0.25, -0.2) is 0 Å². The van der Waals surface area contributed by atoms with Crippen LogP contribution in [0.1, 0.15) is 42.0 Å². The Morgan fingerprint density at radius 3 is 1.25 bits per heavy atom. The van der Waals surface area contributed by atoms with Crippen molar-refractivity contribution in [2.24, 2.45) is 11.8 Å². The lowest BCUT2D eigenvalue weighted by atomic mass is 10.1. The minimum absolute atomic E-state index is 0. The lowest BCUT2D eigenvalue weighted by Gasteiger charge is -2.04. The van der Waals surface area contributed by atoms with E-state index in [1.807, 2.05) is 27.7 Å². The summed E-state index contributed by atoms with van der Waals surface area (Å²) in [7, 11) is 0. The highest BCUT2D eigenvalue weighted by atomic mass is 16.3. The van der Waals surface area contributed by atoms with Crippen LogP contribution in [0.5, 0.6) is 0 Å². The topological polar surface area (TPSA) is 37.3 Å². The molecule has 0 aliphatic carbocycles. The molecule has 0 saturated heterocycles. The Balaban J connectivity index is -0.000000126. The average molecular weight is 176 g/mol. The van der Waals surface area contributed by atoms with E-state index >= 15 is 0 Å². The first kappa shape index (κ1) is 17.6. The van der Waals surface area contributed by atoms with Gasteiger partial charge in [-0.3, -0.25) is 0 Å². The van der Waals surface area contributed by atoms with Gasteiger partial charge >= 0.3 is 0 Å². The molecule has 0 aromatic heterocycles. The molecule has 0 rings (SSSR count). The number of aldehydes is 1. The molecular formula is C10H24O2. The van der Waals surface area contributed by atoms with Crippen LogP contribution in [0, 0.1) is 11.8 Å². The van der Waals surface area contributed by atoms with Crippen LogP contribution in [-0.2, 0) is 4.79 Å². The SMILES string of the molecule is C.CC(C)C(C)O.CC(C)C=O. The Morgan fingerprint density at radius 2 is 1.25 bits per heavy atom. The summed E-state index contributed by atoms with van der Waals surface area (Å²) in [4.78, 5) is 9.50. The lowest BCUT2D eigenvalue weighted by Crippen LogP contribution is -2.07. The monoisotopic (exact) mass is 176 g/mol. The molecule has 0 amide bonds. The summed E-state index contributed by atoms with van der Waals surface area (Å²) in [6.07, 6.45) is 0.769. The number of aliphatic hydroxyl groups excluding tert-OH is 1. The quantitative estimate of drug-likeness (QED) is 0.656. The second-order valence-electron chi connectivity index (χ2n) is 3.36. The lowest BCUT2D eigenvalue weighted by molar-refractivity contribution is -0.110. The van der Waals surface area contributed by atoms with Gasteiger partial charge in [0.15, 0.2) is 0 Å². The van der Waals surface area contributed by atoms with Crippen LogP contribution in [0.25, 0.3) is 0 Å². The number of rotatable bonds is 2. The molecule has 0 aliphatic rings. The van der Waals surface area contributed by atoms with Gasteiger partial charge in [0.2, 0.25) is 0 Å². The van der Waals surface area contributed by atoms with E-state index in [1.165, 1.54) is 0 Å². The minimum Gasteiger partial charge on any atom is -0.393 e.